The molecular weight excluding hydrogens is 435 g/mol. The molecule has 2 amide bonds. The van der Waals surface area contributed by atoms with E-state index in [9.17, 15) is 14.0 Å². The second-order valence-corrected chi connectivity index (χ2v) is 9.41. The van der Waals surface area contributed by atoms with Crippen LogP contribution in [0.4, 0.5) is 15.9 Å². The van der Waals surface area contributed by atoms with Gasteiger partial charge in [0, 0.05) is 24.8 Å². The van der Waals surface area contributed by atoms with Gasteiger partial charge in [0.05, 0.1) is 17.8 Å². The zero-order valence-electron chi connectivity index (χ0n) is 20.2. The van der Waals surface area contributed by atoms with Gasteiger partial charge in [-0.05, 0) is 56.8 Å². The van der Waals surface area contributed by atoms with Crippen molar-refractivity contribution in [3.05, 3.63) is 47.7 Å². The third kappa shape index (κ3) is 4.75. The van der Waals surface area contributed by atoms with Gasteiger partial charge in [-0.25, -0.2) is 14.4 Å². The Labute approximate surface area is 199 Å². The number of halogens is 1. The minimum atomic E-state index is -0.612. The predicted octanol–water partition coefficient (Wildman–Crippen LogP) is 2.72. The number of likely N-dealkylation sites (tertiary alicyclic amines) is 1. The van der Waals surface area contributed by atoms with Crippen molar-refractivity contribution in [3.63, 3.8) is 0 Å². The maximum Gasteiger partial charge on any atom is 0.245 e. The first-order valence-electron chi connectivity index (χ1n) is 12.0. The van der Waals surface area contributed by atoms with Crippen molar-refractivity contribution < 1.29 is 14.0 Å². The Hall–Kier alpha value is -3.07. The number of carbonyl (C=O) groups is 2. The molecule has 0 bridgehead atoms. The molecule has 0 saturated carbocycles. The summed E-state index contributed by atoms with van der Waals surface area (Å²) in [7, 11) is 1.72. The van der Waals surface area contributed by atoms with Crippen LogP contribution in [0.25, 0.3) is 0 Å². The number of likely N-dealkylation sites (N-methyl/N-ethyl adjacent to an activating group) is 1. The third-order valence-corrected chi connectivity index (χ3v) is 6.83. The smallest absolute Gasteiger partial charge is 0.245 e. The van der Waals surface area contributed by atoms with Gasteiger partial charge in [0.2, 0.25) is 11.8 Å². The summed E-state index contributed by atoms with van der Waals surface area (Å²) in [4.78, 5) is 38.8. The third-order valence-electron chi connectivity index (χ3n) is 6.83. The van der Waals surface area contributed by atoms with E-state index in [-0.39, 0.29) is 35.6 Å². The number of nitrogens with one attached hydrogen (secondary N) is 2. The summed E-state index contributed by atoms with van der Waals surface area (Å²) < 4.78 is 13.9. The van der Waals surface area contributed by atoms with Gasteiger partial charge in [0.15, 0.2) is 0 Å². The maximum absolute atomic E-state index is 13.9. The standard InChI is InChI=1S/C25H33FN6O2/c1-15(2)23(30-24(33)16(3)27-4)25(34)32-10-5-6-20(32)19-13-22(29-14-28-19)31-11-9-17-7-8-18(26)12-21(17)31/h7-8,12-16,20,23,27H,5-6,9-11H2,1-4H3,(H,30,33). The number of amides is 2. The Bertz CT molecular complexity index is 1060. The molecule has 2 aliphatic heterocycles. The highest BCUT2D eigenvalue weighted by Gasteiger charge is 2.37. The first kappa shape index (κ1) is 24.1. The van der Waals surface area contributed by atoms with Crippen LogP contribution in [0.5, 0.6) is 0 Å². The lowest BCUT2D eigenvalue weighted by atomic mass is 10.0. The predicted molar refractivity (Wildman–Crippen MR) is 128 cm³/mol. The Kier molecular flexibility index (Phi) is 7.11. The lowest BCUT2D eigenvalue weighted by Gasteiger charge is -2.31. The molecule has 8 nitrogen and oxygen atoms in total. The summed E-state index contributed by atoms with van der Waals surface area (Å²) in [5.74, 6) is 0.0724. The second-order valence-electron chi connectivity index (χ2n) is 9.41. The average molecular weight is 469 g/mol. The van der Waals surface area contributed by atoms with Gasteiger partial charge in [-0.15, -0.1) is 0 Å². The molecule has 34 heavy (non-hydrogen) atoms. The number of benzene rings is 1. The summed E-state index contributed by atoms with van der Waals surface area (Å²) >= 11 is 0. The van der Waals surface area contributed by atoms with Crippen molar-refractivity contribution in [3.8, 4) is 0 Å². The SMILES string of the molecule is CNC(C)C(=O)NC(C(=O)N1CCCC1c1cc(N2CCc3ccc(F)cc32)ncn1)C(C)C. The van der Waals surface area contributed by atoms with E-state index in [1.165, 1.54) is 18.5 Å². The number of fused-ring (bicyclic) bond motifs is 1. The van der Waals surface area contributed by atoms with E-state index >= 15 is 0 Å². The van der Waals surface area contributed by atoms with Crippen LogP contribution in [0.2, 0.25) is 0 Å². The number of carbonyl (C=O) groups excluding carboxylic acids is 2. The lowest BCUT2D eigenvalue weighted by Crippen LogP contribution is -2.54. The Morgan fingerprint density at radius 3 is 2.68 bits per heavy atom. The fraction of sp³-hybridized carbons (Fsp3) is 0.520. The molecule has 1 saturated heterocycles. The van der Waals surface area contributed by atoms with Gasteiger partial charge in [-0.3, -0.25) is 9.59 Å². The Morgan fingerprint density at radius 2 is 1.94 bits per heavy atom. The van der Waals surface area contributed by atoms with E-state index in [1.807, 2.05) is 35.8 Å². The largest absolute Gasteiger partial charge is 0.343 e. The van der Waals surface area contributed by atoms with Gasteiger partial charge in [-0.1, -0.05) is 19.9 Å². The monoisotopic (exact) mass is 468 g/mol. The molecule has 0 aliphatic carbocycles. The van der Waals surface area contributed by atoms with Crippen LogP contribution in [0.15, 0.2) is 30.6 Å². The fourth-order valence-corrected chi connectivity index (χ4v) is 4.72. The van der Waals surface area contributed by atoms with E-state index < -0.39 is 6.04 Å². The number of rotatable bonds is 7. The quantitative estimate of drug-likeness (QED) is 0.650. The summed E-state index contributed by atoms with van der Waals surface area (Å²) in [6.07, 6.45) is 3.99. The van der Waals surface area contributed by atoms with E-state index in [2.05, 4.69) is 20.6 Å². The first-order valence-corrected chi connectivity index (χ1v) is 12.0. The summed E-state index contributed by atoms with van der Waals surface area (Å²) in [6.45, 7) is 6.96. The highest BCUT2D eigenvalue weighted by molar-refractivity contribution is 5.90. The van der Waals surface area contributed by atoms with Gasteiger partial charge in [0.25, 0.3) is 0 Å². The van der Waals surface area contributed by atoms with E-state index in [0.717, 1.165) is 36.2 Å². The van der Waals surface area contributed by atoms with Crippen LogP contribution < -0.4 is 15.5 Å². The van der Waals surface area contributed by atoms with E-state index in [0.29, 0.717) is 18.9 Å². The Balaban J connectivity index is 1.56. The molecular formula is C25H33FN6O2. The summed E-state index contributed by atoms with van der Waals surface area (Å²) in [5.41, 5.74) is 2.67. The summed E-state index contributed by atoms with van der Waals surface area (Å²) in [5, 5.41) is 5.83. The zero-order chi connectivity index (χ0) is 24.4. The summed E-state index contributed by atoms with van der Waals surface area (Å²) in [6, 6.07) is 5.56. The minimum absolute atomic E-state index is 0.0567. The fourth-order valence-electron chi connectivity index (χ4n) is 4.72. The maximum atomic E-state index is 13.9. The molecule has 1 aromatic heterocycles. The highest BCUT2D eigenvalue weighted by Crippen LogP contribution is 2.37. The van der Waals surface area contributed by atoms with Crippen molar-refractivity contribution in [1.82, 2.24) is 25.5 Å². The molecule has 9 heteroatoms. The number of hydrogen-bond acceptors (Lipinski definition) is 6. The van der Waals surface area contributed by atoms with E-state index in [4.69, 9.17) is 0 Å². The lowest BCUT2D eigenvalue weighted by molar-refractivity contribution is -0.139. The molecule has 0 radical (unpaired) electrons. The van der Waals surface area contributed by atoms with Gasteiger partial charge in [-0.2, -0.15) is 0 Å². The second kappa shape index (κ2) is 10.0. The van der Waals surface area contributed by atoms with Crippen LogP contribution >= 0.6 is 0 Å². The van der Waals surface area contributed by atoms with Crippen molar-refractivity contribution in [2.75, 3.05) is 25.0 Å². The molecule has 0 spiro atoms. The molecule has 1 fully saturated rings. The van der Waals surface area contributed by atoms with E-state index in [1.54, 1.807) is 14.0 Å². The van der Waals surface area contributed by atoms with Crippen LogP contribution in [0.3, 0.4) is 0 Å². The zero-order valence-corrected chi connectivity index (χ0v) is 20.2. The highest BCUT2D eigenvalue weighted by atomic mass is 19.1. The van der Waals surface area contributed by atoms with Crippen LogP contribution in [-0.4, -0.2) is 58.9 Å². The molecule has 3 atom stereocenters. The van der Waals surface area contributed by atoms with Gasteiger partial charge < -0.3 is 20.4 Å². The number of anilines is 2. The van der Waals surface area contributed by atoms with Crippen LogP contribution in [-0.2, 0) is 16.0 Å². The number of aromatic nitrogens is 2. The van der Waals surface area contributed by atoms with Crippen molar-refractivity contribution in [2.45, 2.75) is 58.2 Å². The normalized spacial score (nSPS) is 19.3. The molecule has 3 unspecified atom stereocenters. The molecule has 3 heterocycles. The van der Waals surface area contributed by atoms with Gasteiger partial charge in [0.1, 0.15) is 24.0 Å². The van der Waals surface area contributed by atoms with Crippen molar-refractivity contribution >= 4 is 23.3 Å². The van der Waals surface area contributed by atoms with Crippen LogP contribution in [0.1, 0.15) is 50.9 Å². The molecule has 1 aromatic carbocycles. The molecule has 2 aromatic rings. The molecule has 4 rings (SSSR count). The number of hydrogen-bond donors (Lipinski definition) is 2. The average Bonchev–Trinajstić information content (AvgIpc) is 3.48. The van der Waals surface area contributed by atoms with Crippen LogP contribution in [0, 0.1) is 11.7 Å². The Morgan fingerprint density at radius 1 is 1.15 bits per heavy atom. The molecule has 182 valence electrons. The number of nitrogens with zero attached hydrogens (tertiary/aromatic N) is 4. The molecule has 2 N–H and O–H groups in total. The minimum Gasteiger partial charge on any atom is -0.343 e. The van der Waals surface area contributed by atoms with Gasteiger partial charge >= 0.3 is 0 Å². The van der Waals surface area contributed by atoms with Crippen molar-refractivity contribution in [1.29, 1.82) is 0 Å². The molecule has 2 aliphatic rings. The van der Waals surface area contributed by atoms with Crippen molar-refractivity contribution in [2.24, 2.45) is 5.92 Å². The topological polar surface area (TPSA) is 90.5 Å². The first-order chi connectivity index (χ1) is 16.3.